The van der Waals surface area contributed by atoms with Crippen molar-refractivity contribution >= 4 is 16.0 Å². The Morgan fingerprint density at radius 1 is 1.35 bits per heavy atom. The summed E-state index contributed by atoms with van der Waals surface area (Å²) < 4.78 is 26.5. The van der Waals surface area contributed by atoms with Crippen LogP contribution in [0.2, 0.25) is 0 Å². The predicted molar refractivity (Wildman–Crippen MR) is 77.0 cm³/mol. The molecule has 8 heteroatoms. The molecule has 0 saturated carbocycles. The lowest BCUT2D eigenvalue weighted by Crippen LogP contribution is -2.51. The number of hydrogen-bond donors (Lipinski definition) is 1. The molecule has 2 heterocycles. The molecule has 0 spiro atoms. The Kier molecular flexibility index (Phi) is 4.56. The van der Waals surface area contributed by atoms with Crippen LogP contribution >= 0.6 is 0 Å². The molecule has 0 amide bonds. The zero-order valence-electron chi connectivity index (χ0n) is 12.1. The third kappa shape index (κ3) is 3.08. The van der Waals surface area contributed by atoms with Gasteiger partial charge in [0.1, 0.15) is 4.90 Å². The van der Waals surface area contributed by atoms with Crippen molar-refractivity contribution in [3.63, 3.8) is 0 Å². The molecule has 0 radical (unpaired) electrons. The molecule has 2 rings (SSSR count). The molecule has 7 nitrogen and oxygen atoms in total. The van der Waals surface area contributed by atoms with E-state index in [4.69, 9.17) is 0 Å². The van der Waals surface area contributed by atoms with E-state index in [9.17, 15) is 8.42 Å². The molecule has 0 aliphatic carbocycles. The maximum atomic E-state index is 12.5. The number of likely N-dealkylation sites (N-methyl/N-ethyl adjacent to an activating group) is 1. The molecule has 1 saturated heterocycles. The van der Waals surface area contributed by atoms with Gasteiger partial charge < -0.3 is 10.2 Å². The summed E-state index contributed by atoms with van der Waals surface area (Å²) in [5, 5.41) is 2.94. The Balaban J connectivity index is 2.17. The van der Waals surface area contributed by atoms with Gasteiger partial charge in [0, 0.05) is 32.2 Å². The van der Waals surface area contributed by atoms with Gasteiger partial charge in [-0.2, -0.15) is 4.31 Å². The highest BCUT2D eigenvalue weighted by atomic mass is 32.2. The number of nitrogens with zero attached hydrogens (tertiary/aromatic N) is 4. The van der Waals surface area contributed by atoms with Crippen LogP contribution in [0, 0.1) is 0 Å². The Morgan fingerprint density at radius 3 is 2.55 bits per heavy atom. The lowest BCUT2D eigenvalue weighted by Gasteiger charge is -2.36. The molecule has 0 aromatic carbocycles. The van der Waals surface area contributed by atoms with E-state index in [0.29, 0.717) is 25.6 Å². The highest BCUT2D eigenvalue weighted by Crippen LogP contribution is 2.18. The molecule has 1 atom stereocenters. The fourth-order valence-corrected chi connectivity index (χ4v) is 3.49. The molecule has 1 aliphatic heterocycles. The normalized spacial score (nSPS) is 21.9. The molecule has 112 valence electrons. The summed E-state index contributed by atoms with van der Waals surface area (Å²) in [5.41, 5.74) is 0. The van der Waals surface area contributed by atoms with Crippen molar-refractivity contribution in [2.45, 2.75) is 24.8 Å². The van der Waals surface area contributed by atoms with Crippen LogP contribution in [0.15, 0.2) is 17.3 Å². The Labute approximate surface area is 120 Å². The smallest absolute Gasteiger partial charge is 0.246 e. The minimum atomic E-state index is -3.50. The van der Waals surface area contributed by atoms with E-state index in [2.05, 4.69) is 20.2 Å². The van der Waals surface area contributed by atoms with Crippen molar-refractivity contribution in [1.82, 2.24) is 19.2 Å². The standard InChI is InChI=1S/C12H21N5O2S/c1-4-13-12-14-7-11(8-15-12)20(18,19)17-6-5-16(3)10(2)9-17/h7-8,10H,4-6,9H2,1-3H3,(H,13,14,15). The zero-order valence-corrected chi connectivity index (χ0v) is 12.9. The number of rotatable bonds is 4. The molecular formula is C12H21N5O2S. The first-order chi connectivity index (χ1) is 9.45. The third-order valence-electron chi connectivity index (χ3n) is 3.52. The first-order valence-corrected chi connectivity index (χ1v) is 8.15. The van der Waals surface area contributed by atoms with Crippen molar-refractivity contribution in [3.05, 3.63) is 12.4 Å². The van der Waals surface area contributed by atoms with Crippen LogP contribution in [0.5, 0.6) is 0 Å². The molecule has 1 aliphatic rings. The van der Waals surface area contributed by atoms with Crippen LogP contribution in [-0.2, 0) is 10.0 Å². The summed E-state index contributed by atoms with van der Waals surface area (Å²) in [5.74, 6) is 0.443. The molecule has 1 aromatic heterocycles. The lowest BCUT2D eigenvalue weighted by molar-refractivity contribution is 0.159. The van der Waals surface area contributed by atoms with Crippen molar-refractivity contribution in [2.75, 3.05) is 38.5 Å². The van der Waals surface area contributed by atoms with Crippen molar-refractivity contribution in [3.8, 4) is 0 Å². The van der Waals surface area contributed by atoms with Gasteiger partial charge in [-0.25, -0.2) is 18.4 Å². The van der Waals surface area contributed by atoms with E-state index in [0.717, 1.165) is 6.54 Å². The Hall–Kier alpha value is -1.25. The quantitative estimate of drug-likeness (QED) is 0.857. The van der Waals surface area contributed by atoms with Crippen LogP contribution in [0.1, 0.15) is 13.8 Å². The predicted octanol–water partition coefficient (Wildman–Crippen LogP) is 0.233. The van der Waals surface area contributed by atoms with Gasteiger partial charge in [0.05, 0.1) is 12.4 Å². The van der Waals surface area contributed by atoms with Gasteiger partial charge in [-0.05, 0) is 20.9 Å². The summed E-state index contributed by atoms with van der Waals surface area (Å²) >= 11 is 0. The molecule has 1 fully saturated rings. The van der Waals surface area contributed by atoms with Gasteiger partial charge in [-0.15, -0.1) is 0 Å². The SMILES string of the molecule is CCNc1ncc(S(=O)(=O)N2CCN(C)C(C)C2)cn1. The van der Waals surface area contributed by atoms with Crippen LogP contribution < -0.4 is 5.32 Å². The van der Waals surface area contributed by atoms with Gasteiger partial charge in [-0.1, -0.05) is 0 Å². The number of sulfonamides is 1. The fraction of sp³-hybridized carbons (Fsp3) is 0.667. The van der Waals surface area contributed by atoms with E-state index in [-0.39, 0.29) is 10.9 Å². The topological polar surface area (TPSA) is 78.4 Å². The summed E-state index contributed by atoms with van der Waals surface area (Å²) in [6, 6.07) is 0.209. The van der Waals surface area contributed by atoms with Gasteiger partial charge >= 0.3 is 0 Å². The number of anilines is 1. The second kappa shape index (κ2) is 6.02. The van der Waals surface area contributed by atoms with Crippen LogP contribution in [0.25, 0.3) is 0 Å². The number of aromatic nitrogens is 2. The highest BCUT2D eigenvalue weighted by molar-refractivity contribution is 7.89. The second-order valence-corrected chi connectivity index (χ2v) is 6.90. The monoisotopic (exact) mass is 299 g/mol. The largest absolute Gasteiger partial charge is 0.355 e. The van der Waals surface area contributed by atoms with Gasteiger partial charge in [-0.3, -0.25) is 0 Å². The number of piperazine rings is 1. The van der Waals surface area contributed by atoms with Gasteiger partial charge in [0.15, 0.2) is 0 Å². The highest BCUT2D eigenvalue weighted by Gasteiger charge is 2.31. The summed E-state index contributed by atoms with van der Waals surface area (Å²) in [4.78, 5) is 10.3. The minimum absolute atomic E-state index is 0.149. The van der Waals surface area contributed by atoms with E-state index in [1.807, 2.05) is 20.9 Å². The maximum absolute atomic E-state index is 12.5. The zero-order chi connectivity index (χ0) is 14.8. The van der Waals surface area contributed by atoms with E-state index in [1.165, 1.54) is 16.7 Å². The van der Waals surface area contributed by atoms with E-state index in [1.54, 1.807) is 0 Å². The Morgan fingerprint density at radius 2 is 2.00 bits per heavy atom. The second-order valence-electron chi connectivity index (χ2n) is 4.97. The minimum Gasteiger partial charge on any atom is -0.355 e. The van der Waals surface area contributed by atoms with Crippen molar-refractivity contribution < 1.29 is 8.42 Å². The number of nitrogens with one attached hydrogen (secondary N) is 1. The maximum Gasteiger partial charge on any atom is 0.246 e. The molecule has 1 aromatic rings. The van der Waals surface area contributed by atoms with Crippen LogP contribution in [0.3, 0.4) is 0 Å². The van der Waals surface area contributed by atoms with Crippen molar-refractivity contribution in [1.29, 1.82) is 0 Å². The lowest BCUT2D eigenvalue weighted by atomic mass is 10.2. The third-order valence-corrected chi connectivity index (χ3v) is 5.34. The van der Waals surface area contributed by atoms with Crippen molar-refractivity contribution in [2.24, 2.45) is 0 Å². The summed E-state index contributed by atoms with van der Waals surface area (Å²) in [6.07, 6.45) is 2.73. The average Bonchev–Trinajstić information content (AvgIpc) is 2.43. The first kappa shape index (κ1) is 15.1. The molecule has 1 N–H and O–H groups in total. The van der Waals surface area contributed by atoms with E-state index < -0.39 is 10.0 Å². The molecule has 20 heavy (non-hydrogen) atoms. The molecular weight excluding hydrogens is 278 g/mol. The molecule has 1 unspecified atom stereocenters. The fourth-order valence-electron chi connectivity index (χ4n) is 2.08. The Bertz CT molecular complexity index is 545. The summed E-state index contributed by atoms with van der Waals surface area (Å²) in [7, 11) is -1.49. The average molecular weight is 299 g/mol. The van der Waals surface area contributed by atoms with Crippen LogP contribution in [0.4, 0.5) is 5.95 Å². The number of hydrogen-bond acceptors (Lipinski definition) is 6. The molecule has 0 bridgehead atoms. The first-order valence-electron chi connectivity index (χ1n) is 6.71. The summed E-state index contributed by atoms with van der Waals surface area (Å²) in [6.45, 7) is 6.37. The van der Waals surface area contributed by atoms with Gasteiger partial charge in [0.2, 0.25) is 16.0 Å². The van der Waals surface area contributed by atoms with E-state index >= 15 is 0 Å². The van der Waals surface area contributed by atoms with Gasteiger partial charge in [0.25, 0.3) is 0 Å². The van der Waals surface area contributed by atoms with Crippen LogP contribution in [-0.4, -0.2) is 66.9 Å².